The third-order valence-electron chi connectivity index (χ3n) is 2.94. The molecule has 0 aliphatic rings. The lowest BCUT2D eigenvalue weighted by atomic mass is 10.2. The van der Waals surface area contributed by atoms with E-state index in [1.807, 2.05) is 43.4 Å². The lowest BCUT2D eigenvalue weighted by molar-refractivity contribution is 0.415. The summed E-state index contributed by atoms with van der Waals surface area (Å²) in [6.45, 7) is 2.91. The van der Waals surface area contributed by atoms with E-state index in [2.05, 4.69) is 22.1 Å². The molecule has 1 aromatic heterocycles. The van der Waals surface area contributed by atoms with Crippen LogP contribution in [-0.4, -0.2) is 25.7 Å². The summed E-state index contributed by atoms with van der Waals surface area (Å²) in [6, 6.07) is 12.0. The van der Waals surface area contributed by atoms with Gasteiger partial charge in [0, 0.05) is 31.5 Å². The second-order valence-corrected chi connectivity index (χ2v) is 4.16. The zero-order valence-electron chi connectivity index (χ0n) is 11.6. The van der Waals surface area contributed by atoms with Gasteiger partial charge in [-0.2, -0.15) is 0 Å². The Labute approximate surface area is 114 Å². The Balaban J connectivity index is 2.32. The second kappa shape index (κ2) is 6.09. The number of rotatable bonds is 5. The highest BCUT2D eigenvalue weighted by molar-refractivity contribution is 5.69. The molecule has 0 atom stereocenters. The molecule has 2 rings (SSSR count). The molecule has 0 aliphatic heterocycles. The van der Waals surface area contributed by atoms with Gasteiger partial charge in [0.2, 0.25) is 0 Å². The van der Waals surface area contributed by atoms with Crippen LogP contribution in [0.25, 0.3) is 0 Å². The van der Waals surface area contributed by atoms with Crippen LogP contribution >= 0.6 is 0 Å². The van der Waals surface area contributed by atoms with E-state index in [0.29, 0.717) is 0 Å². The Morgan fingerprint density at radius 3 is 2.79 bits per heavy atom. The fraction of sp³-hybridized carbons (Fsp3) is 0.267. The summed E-state index contributed by atoms with van der Waals surface area (Å²) in [6.07, 6.45) is 1.80. The van der Waals surface area contributed by atoms with Crippen LogP contribution < -0.4 is 15.0 Å². The number of anilines is 3. The van der Waals surface area contributed by atoms with Gasteiger partial charge in [0.05, 0.1) is 12.8 Å². The number of nitrogens with zero attached hydrogens (tertiary/aromatic N) is 2. The van der Waals surface area contributed by atoms with Crippen molar-refractivity contribution >= 4 is 17.2 Å². The largest absolute Gasteiger partial charge is 0.495 e. The molecule has 100 valence electrons. The van der Waals surface area contributed by atoms with Gasteiger partial charge in [-0.15, -0.1) is 0 Å². The van der Waals surface area contributed by atoms with E-state index in [1.54, 1.807) is 13.3 Å². The molecular weight excluding hydrogens is 238 g/mol. The van der Waals surface area contributed by atoms with E-state index >= 15 is 0 Å². The molecule has 0 fully saturated rings. The van der Waals surface area contributed by atoms with Gasteiger partial charge in [-0.3, -0.25) is 0 Å². The van der Waals surface area contributed by atoms with Crippen LogP contribution in [0.1, 0.15) is 6.92 Å². The number of nitrogens with one attached hydrogen (secondary N) is 1. The third-order valence-corrected chi connectivity index (χ3v) is 2.94. The fourth-order valence-electron chi connectivity index (χ4n) is 1.95. The molecule has 4 heteroatoms. The summed E-state index contributed by atoms with van der Waals surface area (Å²) in [5.74, 6) is 1.73. The van der Waals surface area contributed by atoms with Crippen molar-refractivity contribution in [3.05, 3.63) is 42.6 Å². The van der Waals surface area contributed by atoms with E-state index in [1.165, 1.54) is 0 Å². The lowest BCUT2D eigenvalue weighted by Gasteiger charge is -2.22. The van der Waals surface area contributed by atoms with Crippen molar-refractivity contribution in [3.63, 3.8) is 0 Å². The van der Waals surface area contributed by atoms with Gasteiger partial charge in [-0.1, -0.05) is 12.1 Å². The van der Waals surface area contributed by atoms with Crippen molar-refractivity contribution in [3.8, 4) is 5.75 Å². The molecule has 4 nitrogen and oxygen atoms in total. The highest BCUT2D eigenvalue weighted by Crippen LogP contribution is 2.32. The number of aromatic nitrogens is 1. The molecule has 0 bridgehead atoms. The number of para-hydroxylation sites is 2. The molecule has 0 saturated heterocycles. The average molecular weight is 257 g/mol. The molecule has 0 aliphatic carbocycles. The van der Waals surface area contributed by atoms with Gasteiger partial charge in [-0.05, 0) is 25.1 Å². The van der Waals surface area contributed by atoms with E-state index in [4.69, 9.17) is 4.74 Å². The quantitative estimate of drug-likeness (QED) is 0.892. The van der Waals surface area contributed by atoms with Crippen LogP contribution in [0.3, 0.4) is 0 Å². The molecular formula is C15H19N3O. The Hall–Kier alpha value is -2.23. The highest BCUT2D eigenvalue weighted by atomic mass is 16.5. The summed E-state index contributed by atoms with van der Waals surface area (Å²) in [5, 5.41) is 3.21. The maximum Gasteiger partial charge on any atom is 0.142 e. The second-order valence-electron chi connectivity index (χ2n) is 4.16. The van der Waals surface area contributed by atoms with Gasteiger partial charge >= 0.3 is 0 Å². The number of pyridine rings is 1. The van der Waals surface area contributed by atoms with Crippen LogP contribution in [-0.2, 0) is 0 Å². The van der Waals surface area contributed by atoms with Gasteiger partial charge in [-0.25, -0.2) is 4.98 Å². The lowest BCUT2D eigenvalue weighted by Crippen LogP contribution is -2.11. The normalized spacial score (nSPS) is 10.1. The minimum absolute atomic E-state index is 0.854. The molecule has 1 N–H and O–H groups in total. The molecule has 2 aromatic rings. The highest BCUT2D eigenvalue weighted by Gasteiger charge is 2.09. The predicted octanol–water partition coefficient (Wildman–Crippen LogP) is 3.29. The minimum atomic E-state index is 0.854. The van der Waals surface area contributed by atoms with Gasteiger partial charge < -0.3 is 15.0 Å². The van der Waals surface area contributed by atoms with Gasteiger partial charge in [0.15, 0.2) is 0 Å². The van der Waals surface area contributed by atoms with Crippen molar-refractivity contribution in [2.24, 2.45) is 0 Å². The number of hydrogen-bond donors (Lipinski definition) is 1. The molecule has 19 heavy (non-hydrogen) atoms. The number of methoxy groups -OCH3 is 1. The predicted molar refractivity (Wildman–Crippen MR) is 79.5 cm³/mol. The molecule has 1 heterocycles. The number of ether oxygens (including phenoxy) is 1. The standard InChI is InChI=1S/C15H19N3O/c1-4-16-15-11-12(9-10-17-15)18(2)13-7-5-6-8-14(13)19-3/h5-11H,4H2,1-3H3,(H,16,17). The Morgan fingerprint density at radius 1 is 1.26 bits per heavy atom. The molecule has 0 saturated carbocycles. The summed E-state index contributed by atoms with van der Waals surface area (Å²) < 4.78 is 5.39. The molecule has 0 radical (unpaired) electrons. The number of benzene rings is 1. The Bertz CT molecular complexity index is 542. The van der Waals surface area contributed by atoms with E-state index in [9.17, 15) is 0 Å². The first-order valence-corrected chi connectivity index (χ1v) is 6.33. The Morgan fingerprint density at radius 2 is 2.05 bits per heavy atom. The van der Waals surface area contributed by atoms with Crippen LogP contribution in [0.5, 0.6) is 5.75 Å². The fourth-order valence-corrected chi connectivity index (χ4v) is 1.95. The van der Waals surface area contributed by atoms with Gasteiger partial charge in [0.25, 0.3) is 0 Å². The third kappa shape index (κ3) is 2.96. The molecule has 0 amide bonds. The van der Waals surface area contributed by atoms with Gasteiger partial charge in [0.1, 0.15) is 11.6 Å². The maximum absolute atomic E-state index is 5.39. The molecule has 1 aromatic carbocycles. The molecule has 0 unspecified atom stereocenters. The van der Waals surface area contributed by atoms with E-state index in [0.717, 1.165) is 29.5 Å². The Kier molecular flexibility index (Phi) is 4.23. The number of hydrogen-bond acceptors (Lipinski definition) is 4. The summed E-state index contributed by atoms with van der Waals surface area (Å²) >= 11 is 0. The summed E-state index contributed by atoms with van der Waals surface area (Å²) in [4.78, 5) is 6.36. The van der Waals surface area contributed by atoms with E-state index in [-0.39, 0.29) is 0 Å². The SMILES string of the molecule is CCNc1cc(N(C)c2ccccc2OC)ccn1. The topological polar surface area (TPSA) is 37.4 Å². The minimum Gasteiger partial charge on any atom is -0.495 e. The van der Waals surface area contributed by atoms with Crippen LogP contribution in [0.2, 0.25) is 0 Å². The zero-order valence-corrected chi connectivity index (χ0v) is 11.6. The van der Waals surface area contributed by atoms with Crippen molar-refractivity contribution in [1.29, 1.82) is 0 Å². The van der Waals surface area contributed by atoms with Crippen LogP contribution in [0.4, 0.5) is 17.2 Å². The zero-order chi connectivity index (χ0) is 13.7. The van der Waals surface area contributed by atoms with E-state index < -0.39 is 0 Å². The smallest absolute Gasteiger partial charge is 0.142 e. The van der Waals surface area contributed by atoms with Crippen molar-refractivity contribution in [2.75, 3.05) is 30.9 Å². The first-order valence-electron chi connectivity index (χ1n) is 6.33. The average Bonchev–Trinajstić information content (AvgIpc) is 2.47. The van der Waals surface area contributed by atoms with Crippen molar-refractivity contribution in [1.82, 2.24) is 4.98 Å². The first-order chi connectivity index (χ1) is 9.26. The summed E-state index contributed by atoms with van der Waals surface area (Å²) in [5.41, 5.74) is 2.09. The van der Waals surface area contributed by atoms with Crippen LogP contribution in [0, 0.1) is 0 Å². The van der Waals surface area contributed by atoms with Crippen molar-refractivity contribution < 1.29 is 4.74 Å². The van der Waals surface area contributed by atoms with Crippen molar-refractivity contribution in [2.45, 2.75) is 6.92 Å². The molecule has 0 spiro atoms. The monoisotopic (exact) mass is 257 g/mol. The first kappa shape index (κ1) is 13.2. The maximum atomic E-state index is 5.39. The summed E-state index contributed by atoms with van der Waals surface area (Å²) in [7, 11) is 3.70. The van der Waals surface area contributed by atoms with Crippen LogP contribution in [0.15, 0.2) is 42.6 Å².